The van der Waals surface area contributed by atoms with Crippen molar-refractivity contribution < 1.29 is 58.5 Å². The number of nitrogens with two attached hydrogens (primary N) is 2. The lowest BCUT2D eigenvalue weighted by Gasteiger charge is -2.31. The molecule has 0 aliphatic heterocycles. The summed E-state index contributed by atoms with van der Waals surface area (Å²) in [7, 11) is 0. The van der Waals surface area contributed by atoms with E-state index < -0.39 is 139 Å². The molecule has 0 saturated heterocycles. The van der Waals surface area contributed by atoms with Crippen molar-refractivity contribution in [2.75, 3.05) is 13.2 Å². The minimum Gasteiger partial charge on any atom is -0.481 e. The number of carboxylic acid groups (broad SMARTS) is 2. The molecule has 0 heterocycles. The Kier molecular flexibility index (Phi) is 27.1. The number of hydrogen-bond donors (Lipinski definition) is 12. The van der Waals surface area contributed by atoms with Crippen LogP contribution < -0.4 is 48.7 Å². The molecule has 10 atom stereocenters. The number of rotatable bonds is 32. The molecule has 67 heavy (non-hydrogen) atoms. The Hall–Kier alpha value is -5.67. The number of amides is 7. The van der Waals surface area contributed by atoms with Crippen LogP contribution in [0.4, 0.5) is 0 Å². The summed E-state index contributed by atoms with van der Waals surface area (Å²) in [6, 6.07) is -1.80. The van der Waals surface area contributed by atoms with Gasteiger partial charge in [0.2, 0.25) is 41.4 Å². The summed E-state index contributed by atoms with van der Waals surface area (Å²) in [5.41, 5.74) is 11.9. The average molecular weight is 948 g/mol. The Morgan fingerprint density at radius 3 is 1.46 bits per heavy atom. The molecule has 0 spiro atoms. The lowest BCUT2D eigenvalue weighted by Crippen LogP contribution is -2.62. The van der Waals surface area contributed by atoms with Gasteiger partial charge in [0.05, 0.1) is 6.61 Å². The van der Waals surface area contributed by atoms with E-state index in [1.54, 1.807) is 85.7 Å². The highest BCUT2D eigenvalue weighted by Crippen LogP contribution is 2.15. The smallest absolute Gasteiger partial charge is 0.326 e. The highest BCUT2D eigenvalue weighted by atomic mass is 16.4. The van der Waals surface area contributed by atoms with Crippen molar-refractivity contribution in [1.82, 2.24) is 37.2 Å². The summed E-state index contributed by atoms with van der Waals surface area (Å²) in [6.07, 6.45) is 0.752. The molecule has 1 aromatic carbocycles. The Balaban J connectivity index is 3.55. The van der Waals surface area contributed by atoms with Gasteiger partial charge in [-0.3, -0.25) is 38.4 Å². The number of carbonyl (C=O) groups excluding carboxylic acids is 7. The molecule has 7 amide bonds. The summed E-state index contributed by atoms with van der Waals surface area (Å²) in [4.78, 5) is 120. The molecule has 1 rings (SSSR count). The highest BCUT2D eigenvalue weighted by molar-refractivity contribution is 5.98. The normalized spacial score (nSPS) is 15.8. The van der Waals surface area contributed by atoms with Crippen LogP contribution in [0.15, 0.2) is 30.3 Å². The van der Waals surface area contributed by atoms with E-state index in [4.69, 9.17) is 11.5 Å². The van der Waals surface area contributed by atoms with Crippen molar-refractivity contribution in [3.63, 3.8) is 0 Å². The van der Waals surface area contributed by atoms with E-state index in [1.165, 1.54) is 0 Å². The average Bonchev–Trinajstić information content (AvgIpc) is 3.28. The van der Waals surface area contributed by atoms with Crippen molar-refractivity contribution in [3.05, 3.63) is 35.9 Å². The molecule has 21 nitrogen and oxygen atoms in total. The minimum atomic E-state index is -1.54. The number of unbranched alkanes of at least 4 members (excludes halogenated alkanes) is 1. The van der Waals surface area contributed by atoms with Crippen LogP contribution in [0.3, 0.4) is 0 Å². The molecule has 14 N–H and O–H groups in total. The molecule has 0 unspecified atom stereocenters. The first kappa shape index (κ1) is 59.3. The van der Waals surface area contributed by atoms with E-state index in [-0.39, 0.29) is 31.7 Å². The van der Waals surface area contributed by atoms with E-state index in [2.05, 4.69) is 37.2 Å². The molecular weight excluding hydrogens is 871 g/mol. The fraction of sp³-hybridized carbons (Fsp3) is 0.674. The standard InChI is InChI=1S/C46H77N9O12/c1-9-27(7)37(54-39(59)30(48)24-56)45(65)55-38(28(8)10-2)44(64)53-36(26(5)6)43(63)51-33(23-29-16-12-11-13-17-29)42(62)50-32(19-20-35(57)58)41(61)49-31(18-14-15-21-47)40(60)52-34(46(66)67)22-25(3)4/h11-13,16-17,25-28,30-34,36-38,56H,9-10,14-15,18-24,47-48H2,1-8H3,(H,49,61)(H,50,62)(H,51,63)(H,52,60)(H,53,64)(H,54,59)(H,55,65)(H,57,58)(H,66,67)/t27-,28-,30-,31-,32-,33-,34-,36-,37-,38-/m0/s1. The van der Waals surface area contributed by atoms with Crippen LogP contribution in [-0.2, 0) is 49.6 Å². The van der Waals surface area contributed by atoms with E-state index in [9.17, 15) is 58.5 Å². The first-order valence-corrected chi connectivity index (χ1v) is 23.2. The van der Waals surface area contributed by atoms with E-state index in [1.807, 2.05) is 0 Å². The molecule has 0 fully saturated rings. The summed E-state index contributed by atoms with van der Waals surface area (Å²) in [5, 5.41) is 47.0. The minimum absolute atomic E-state index is 0.0489. The Labute approximate surface area is 393 Å². The van der Waals surface area contributed by atoms with Crippen LogP contribution in [0.5, 0.6) is 0 Å². The lowest BCUT2D eigenvalue weighted by atomic mass is 9.94. The number of nitrogens with one attached hydrogen (secondary N) is 7. The zero-order valence-electron chi connectivity index (χ0n) is 40.3. The number of hydrogen-bond acceptors (Lipinski definition) is 12. The van der Waals surface area contributed by atoms with Crippen molar-refractivity contribution in [2.45, 2.75) is 162 Å². The molecule has 0 aliphatic carbocycles. The van der Waals surface area contributed by atoms with Crippen LogP contribution in [0.2, 0.25) is 0 Å². The third-order valence-electron chi connectivity index (χ3n) is 11.5. The van der Waals surface area contributed by atoms with Gasteiger partial charge in [0.1, 0.15) is 48.3 Å². The Morgan fingerprint density at radius 1 is 0.567 bits per heavy atom. The Bertz CT molecular complexity index is 1780. The predicted octanol–water partition coefficient (Wildman–Crippen LogP) is -0.185. The zero-order valence-corrected chi connectivity index (χ0v) is 40.3. The summed E-state index contributed by atoms with van der Waals surface area (Å²) >= 11 is 0. The molecular formula is C46H77N9O12. The molecule has 378 valence electrons. The quantitative estimate of drug-likeness (QED) is 0.0417. The van der Waals surface area contributed by atoms with Gasteiger partial charge in [-0.25, -0.2) is 4.79 Å². The van der Waals surface area contributed by atoms with Gasteiger partial charge in [-0.2, -0.15) is 0 Å². The molecule has 0 aliphatic rings. The van der Waals surface area contributed by atoms with Crippen LogP contribution in [-0.4, -0.2) is 130 Å². The summed E-state index contributed by atoms with van der Waals surface area (Å²) in [6.45, 7) is 13.5. The summed E-state index contributed by atoms with van der Waals surface area (Å²) < 4.78 is 0. The third-order valence-corrected chi connectivity index (χ3v) is 11.5. The van der Waals surface area contributed by atoms with E-state index in [0.29, 0.717) is 31.2 Å². The van der Waals surface area contributed by atoms with Gasteiger partial charge in [-0.15, -0.1) is 0 Å². The third kappa shape index (κ3) is 21.2. The second-order valence-corrected chi connectivity index (χ2v) is 17.9. The van der Waals surface area contributed by atoms with Gasteiger partial charge >= 0.3 is 11.9 Å². The van der Waals surface area contributed by atoms with Gasteiger partial charge in [-0.05, 0) is 67.9 Å². The molecule has 0 aromatic heterocycles. The maximum Gasteiger partial charge on any atom is 0.326 e. The monoisotopic (exact) mass is 948 g/mol. The van der Waals surface area contributed by atoms with Crippen molar-refractivity contribution in [1.29, 1.82) is 0 Å². The van der Waals surface area contributed by atoms with Crippen molar-refractivity contribution in [3.8, 4) is 0 Å². The number of carboxylic acids is 2. The SMILES string of the molecule is CC[C@H](C)[C@H](NC(=O)[C@@H](NC(=O)[C@@H](N)CO)[C@@H](C)CC)C(=O)N[C@H](C(=O)N[C@@H](Cc1ccccc1)C(=O)N[C@@H](CCC(=O)O)C(=O)N[C@@H](CCCCN)C(=O)N[C@@H](CC(C)C)C(=O)O)C(C)C. The summed E-state index contributed by atoms with van der Waals surface area (Å²) in [5.74, 6) is -9.69. The van der Waals surface area contributed by atoms with Gasteiger partial charge in [0.15, 0.2) is 0 Å². The van der Waals surface area contributed by atoms with Crippen LogP contribution in [0.25, 0.3) is 0 Å². The molecule has 0 radical (unpaired) electrons. The number of aliphatic hydroxyl groups excluding tert-OH is 1. The van der Waals surface area contributed by atoms with E-state index in [0.717, 1.165) is 0 Å². The second kappa shape index (κ2) is 30.6. The van der Waals surface area contributed by atoms with Crippen molar-refractivity contribution in [2.24, 2.45) is 35.1 Å². The largest absolute Gasteiger partial charge is 0.481 e. The van der Waals surface area contributed by atoms with Gasteiger partial charge in [0.25, 0.3) is 0 Å². The van der Waals surface area contributed by atoms with Gasteiger partial charge < -0.3 is 64.0 Å². The van der Waals surface area contributed by atoms with E-state index >= 15 is 0 Å². The molecule has 0 bridgehead atoms. The fourth-order valence-corrected chi connectivity index (χ4v) is 6.90. The lowest BCUT2D eigenvalue weighted by molar-refractivity contribution is -0.143. The highest BCUT2D eigenvalue weighted by Gasteiger charge is 2.37. The number of aliphatic hydroxyl groups is 1. The van der Waals surface area contributed by atoms with Crippen LogP contribution in [0, 0.1) is 23.7 Å². The molecule has 0 saturated carbocycles. The topological polar surface area (TPSA) is 351 Å². The molecule has 1 aromatic rings. The predicted molar refractivity (Wildman–Crippen MR) is 249 cm³/mol. The van der Waals surface area contributed by atoms with Crippen molar-refractivity contribution >= 4 is 53.3 Å². The zero-order chi connectivity index (χ0) is 51.0. The first-order chi connectivity index (χ1) is 31.5. The number of aliphatic carboxylic acids is 2. The maximum absolute atomic E-state index is 14.3. The van der Waals surface area contributed by atoms with Gasteiger partial charge in [0, 0.05) is 12.8 Å². The van der Waals surface area contributed by atoms with Crippen LogP contribution >= 0.6 is 0 Å². The van der Waals surface area contributed by atoms with Gasteiger partial charge in [-0.1, -0.05) is 98.6 Å². The number of carbonyl (C=O) groups is 9. The first-order valence-electron chi connectivity index (χ1n) is 23.2. The number of benzene rings is 1. The molecule has 21 heteroatoms. The second-order valence-electron chi connectivity index (χ2n) is 17.9. The van der Waals surface area contributed by atoms with Crippen LogP contribution in [0.1, 0.15) is 112 Å². The maximum atomic E-state index is 14.3. The Morgan fingerprint density at radius 2 is 1.01 bits per heavy atom. The fourth-order valence-electron chi connectivity index (χ4n) is 6.90.